The number of aliphatic hydroxyl groups is 1. The topological polar surface area (TPSA) is 32.3 Å². The fourth-order valence-corrected chi connectivity index (χ4v) is 1.30. The fourth-order valence-electron chi connectivity index (χ4n) is 1.30. The largest absolute Gasteiger partial charge is 0.389 e. The lowest BCUT2D eigenvalue weighted by molar-refractivity contribution is 0.0770. The normalized spacial score (nSPS) is 13.9. The Kier molecular flexibility index (Phi) is 3.83. The van der Waals surface area contributed by atoms with E-state index in [0.717, 1.165) is 5.56 Å². The Balaban J connectivity index is 2.58. The van der Waals surface area contributed by atoms with Crippen molar-refractivity contribution in [2.75, 3.05) is 6.54 Å². The summed E-state index contributed by atoms with van der Waals surface area (Å²) in [7, 11) is 0. The van der Waals surface area contributed by atoms with Crippen LogP contribution in [0.2, 0.25) is 0 Å². The molecule has 3 heteroatoms. The van der Waals surface area contributed by atoms with Gasteiger partial charge in [-0.05, 0) is 38.5 Å². The van der Waals surface area contributed by atoms with Gasteiger partial charge in [-0.15, -0.1) is 0 Å². The Hall–Kier alpha value is -0.930. The van der Waals surface area contributed by atoms with E-state index in [0.29, 0.717) is 6.54 Å². The number of rotatable bonds is 4. The summed E-state index contributed by atoms with van der Waals surface area (Å²) >= 11 is 0. The molecule has 15 heavy (non-hydrogen) atoms. The van der Waals surface area contributed by atoms with Crippen molar-refractivity contribution < 1.29 is 9.50 Å². The number of hydrogen-bond acceptors (Lipinski definition) is 2. The number of halogens is 1. The highest BCUT2D eigenvalue weighted by Crippen LogP contribution is 2.14. The van der Waals surface area contributed by atoms with E-state index < -0.39 is 5.60 Å². The Labute approximate surface area is 90.1 Å². The predicted octanol–water partition coefficient (Wildman–Crippen LogP) is 2.25. The summed E-state index contributed by atoms with van der Waals surface area (Å²) in [4.78, 5) is 0. The van der Waals surface area contributed by atoms with Gasteiger partial charge in [0.15, 0.2) is 0 Å². The van der Waals surface area contributed by atoms with Gasteiger partial charge in [0.05, 0.1) is 5.60 Å². The maximum Gasteiger partial charge on any atom is 0.123 e. The quantitative estimate of drug-likeness (QED) is 0.800. The first-order valence-corrected chi connectivity index (χ1v) is 5.10. The van der Waals surface area contributed by atoms with Crippen molar-refractivity contribution in [2.45, 2.75) is 32.4 Å². The van der Waals surface area contributed by atoms with E-state index in [-0.39, 0.29) is 11.9 Å². The smallest absolute Gasteiger partial charge is 0.123 e. The summed E-state index contributed by atoms with van der Waals surface area (Å²) in [5, 5.41) is 12.7. The summed E-state index contributed by atoms with van der Waals surface area (Å²) < 4.78 is 12.9. The van der Waals surface area contributed by atoms with Crippen molar-refractivity contribution in [2.24, 2.45) is 0 Å². The molecule has 0 aliphatic carbocycles. The molecule has 1 aromatic carbocycles. The minimum Gasteiger partial charge on any atom is -0.389 e. The Morgan fingerprint density at radius 2 is 2.13 bits per heavy atom. The van der Waals surface area contributed by atoms with Crippen LogP contribution in [0, 0.1) is 5.82 Å². The molecule has 0 spiro atoms. The molecule has 1 atom stereocenters. The highest BCUT2D eigenvalue weighted by Gasteiger charge is 2.14. The van der Waals surface area contributed by atoms with E-state index in [1.54, 1.807) is 19.9 Å². The average Bonchev–Trinajstić information content (AvgIpc) is 2.13. The van der Waals surface area contributed by atoms with Crippen LogP contribution in [0.4, 0.5) is 4.39 Å². The van der Waals surface area contributed by atoms with Gasteiger partial charge in [0.1, 0.15) is 5.82 Å². The fraction of sp³-hybridized carbons (Fsp3) is 0.500. The summed E-state index contributed by atoms with van der Waals surface area (Å²) in [6, 6.07) is 6.51. The highest BCUT2D eigenvalue weighted by atomic mass is 19.1. The Morgan fingerprint density at radius 1 is 1.47 bits per heavy atom. The van der Waals surface area contributed by atoms with Crippen LogP contribution in [0.25, 0.3) is 0 Å². The second kappa shape index (κ2) is 4.73. The standard InChI is InChI=1S/C12H18FNO/c1-9(14-8-12(2,3)15)10-5-4-6-11(13)7-10/h4-7,9,14-15H,8H2,1-3H3/t9-/m0/s1. The van der Waals surface area contributed by atoms with E-state index in [1.807, 2.05) is 13.0 Å². The van der Waals surface area contributed by atoms with Gasteiger partial charge < -0.3 is 10.4 Å². The van der Waals surface area contributed by atoms with E-state index in [9.17, 15) is 9.50 Å². The van der Waals surface area contributed by atoms with Gasteiger partial charge in [0.25, 0.3) is 0 Å². The van der Waals surface area contributed by atoms with Crippen LogP contribution in [-0.4, -0.2) is 17.3 Å². The van der Waals surface area contributed by atoms with Crippen molar-refractivity contribution >= 4 is 0 Å². The van der Waals surface area contributed by atoms with Gasteiger partial charge in [0, 0.05) is 12.6 Å². The molecule has 2 N–H and O–H groups in total. The zero-order valence-corrected chi connectivity index (χ0v) is 9.42. The summed E-state index contributed by atoms with van der Waals surface area (Å²) in [5.74, 6) is -0.232. The van der Waals surface area contributed by atoms with Crippen molar-refractivity contribution in [1.29, 1.82) is 0 Å². The van der Waals surface area contributed by atoms with Crippen molar-refractivity contribution in [3.8, 4) is 0 Å². The van der Waals surface area contributed by atoms with Gasteiger partial charge in [-0.25, -0.2) is 4.39 Å². The molecule has 0 radical (unpaired) electrons. The minimum absolute atomic E-state index is 0.0344. The molecule has 0 saturated carbocycles. The molecule has 0 aromatic heterocycles. The van der Waals surface area contributed by atoms with Crippen LogP contribution in [0.5, 0.6) is 0 Å². The Bertz CT molecular complexity index is 320. The van der Waals surface area contributed by atoms with Gasteiger partial charge in [-0.2, -0.15) is 0 Å². The molecule has 0 amide bonds. The lowest BCUT2D eigenvalue weighted by Crippen LogP contribution is -2.36. The third kappa shape index (κ3) is 4.40. The molecule has 0 fully saturated rings. The first-order valence-electron chi connectivity index (χ1n) is 5.10. The third-order valence-electron chi connectivity index (χ3n) is 2.19. The maximum absolute atomic E-state index is 12.9. The molecule has 0 aliphatic rings. The summed E-state index contributed by atoms with van der Waals surface area (Å²) in [6.07, 6.45) is 0. The zero-order chi connectivity index (χ0) is 11.5. The maximum atomic E-state index is 12.9. The van der Waals surface area contributed by atoms with Crippen LogP contribution in [0.3, 0.4) is 0 Å². The van der Waals surface area contributed by atoms with E-state index >= 15 is 0 Å². The van der Waals surface area contributed by atoms with Crippen LogP contribution in [-0.2, 0) is 0 Å². The highest BCUT2D eigenvalue weighted by molar-refractivity contribution is 5.19. The van der Waals surface area contributed by atoms with Crippen LogP contribution in [0.15, 0.2) is 24.3 Å². The average molecular weight is 211 g/mol. The molecule has 0 aliphatic heterocycles. The van der Waals surface area contributed by atoms with Gasteiger partial charge in [0.2, 0.25) is 0 Å². The molecule has 2 nitrogen and oxygen atoms in total. The molecule has 1 rings (SSSR count). The Morgan fingerprint density at radius 3 is 2.67 bits per heavy atom. The van der Waals surface area contributed by atoms with Crippen molar-refractivity contribution in [3.63, 3.8) is 0 Å². The van der Waals surface area contributed by atoms with Gasteiger partial charge in [-0.3, -0.25) is 0 Å². The summed E-state index contributed by atoms with van der Waals surface area (Å²) in [6.45, 7) is 5.89. The molecular formula is C12H18FNO. The van der Waals surface area contributed by atoms with E-state index in [4.69, 9.17) is 0 Å². The molecule has 1 aromatic rings. The van der Waals surface area contributed by atoms with Gasteiger partial charge >= 0.3 is 0 Å². The molecular weight excluding hydrogens is 193 g/mol. The van der Waals surface area contributed by atoms with Crippen LogP contribution >= 0.6 is 0 Å². The second-order valence-electron chi connectivity index (χ2n) is 4.47. The third-order valence-corrected chi connectivity index (χ3v) is 2.19. The van der Waals surface area contributed by atoms with Gasteiger partial charge in [-0.1, -0.05) is 12.1 Å². The van der Waals surface area contributed by atoms with Crippen molar-refractivity contribution in [1.82, 2.24) is 5.32 Å². The molecule has 0 saturated heterocycles. The molecule has 0 heterocycles. The second-order valence-corrected chi connectivity index (χ2v) is 4.47. The SMILES string of the molecule is C[C@H](NCC(C)(C)O)c1cccc(F)c1. The monoisotopic (exact) mass is 211 g/mol. The first-order chi connectivity index (χ1) is 6.88. The van der Waals surface area contributed by atoms with E-state index in [2.05, 4.69) is 5.32 Å². The van der Waals surface area contributed by atoms with Crippen LogP contribution < -0.4 is 5.32 Å². The van der Waals surface area contributed by atoms with Crippen molar-refractivity contribution in [3.05, 3.63) is 35.6 Å². The zero-order valence-electron chi connectivity index (χ0n) is 9.42. The van der Waals surface area contributed by atoms with Crippen LogP contribution in [0.1, 0.15) is 32.4 Å². The first kappa shape index (κ1) is 12.1. The summed E-state index contributed by atoms with van der Waals surface area (Å²) in [5.41, 5.74) is 0.140. The number of hydrogen-bond donors (Lipinski definition) is 2. The number of benzene rings is 1. The lowest BCUT2D eigenvalue weighted by atomic mass is 10.1. The predicted molar refractivity (Wildman–Crippen MR) is 59.1 cm³/mol. The lowest BCUT2D eigenvalue weighted by Gasteiger charge is -2.21. The molecule has 0 bridgehead atoms. The van der Waals surface area contributed by atoms with E-state index in [1.165, 1.54) is 12.1 Å². The molecule has 0 unspecified atom stereocenters. The minimum atomic E-state index is -0.748. The number of nitrogens with one attached hydrogen (secondary N) is 1. The molecule has 84 valence electrons.